The van der Waals surface area contributed by atoms with Gasteiger partial charge in [-0.05, 0) is 27.8 Å². The van der Waals surface area contributed by atoms with Crippen molar-refractivity contribution in [1.82, 2.24) is 0 Å². The van der Waals surface area contributed by atoms with Crippen molar-refractivity contribution in [2.24, 2.45) is 22.9 Å². The first-order valence-corrected chi connectivity index (χ1v) is 7.32. The van der Waals surface area contributed by atoms with Gasteiger partial charge in [-0.3, -0.25) is 14.4 Å². The summed E-state index contributed by atoms with van der Waals surface area (Å²) in [7, 11) is 1.50. The number of hydrogen-bond acceptors (Lipinski definition) is 7. The molecule has 0 aliphatic carbocycles. The average molecular weight is 418 g/mol. The lowest BCUT2D eigenvalue weighted by Gasteiger charge is -1.87. The van der Waals surface area contributed by atoms with Crippen molar-refractivity contribution in [3.63, 3.8) is 0 Å². The monoisotopic (exact) mass is 418 g/mol. The fourth-order valence-electron chi connectivity index (χ4n) is 0.825. The van der Waals surface area contributed by atoms with E-state index in [1.54, 1.807) is 0 Å². The Morgan fingerprint density at radius 2 is 0.655 bits per heavy atom. The van der Waals surface area contributed by atoms with E-state index in [-0.39, 0.29) is 16.7 Å². The molecule has 164 valence electrons. The van der Waals surface area contributed by atoms with E-state index >= 15 is 0 Å². The molecule has 0 saturated heterocycles. The minimum atomic E-state index is -1.13. The van der Waals surface area contributed by atoms with Gasteiger partial charge in [-0.25, -0.2) is 14.4 Å². The van der Waals surface area contributed by atoms with Crippen LogP contribution in [0.3, 0.4) is 0 Å². The quantitative estimate of drug-likeness (QED) is 0.235. The van der Waals surface area contributed by atoms with Crippen molar-refractivity contribution >= 4 is 35.6 Å². The van der Waals surface area contributed by atoms with Gasteiger partial charge in [0.15, 0.2) is 0 Å². The van der Waals surface area contributed by atoms with E-state index in [4.69, 9.17) is 15.3 Å². The van der Waals surface area contributed by atoms with Gasteiger partial charge in [0.05, 0.1) is 0 Å². The van der Waals surface area contributed by atoms with E-state index in [0.717, 1.165) is 18.2 Å². The molecule has 13 nitrogen and oxygen atoms in total. The number of nitrogens with two attached hydrogens (primary N) is 4. The van der Waals surface area contributed by atoms with E-state index in [2.05, 4.69) is 22.9 Å². The normalized spacial score (nSPS) is 10.4. The highest BCUT2D eigenvalue weighted by atomic mass is 16.4. The molecule has 29 heavy (non-hydrogen) atoms. The Morgan fingerprint density at radius 1 is 0.517 bits per heavy atom. The van der Waals surface area contributed by atoms with Crippen molar-refractivity contribution in [2.75, 3.05) is 7.05 Å². The summed E-state index contributed by atoms with van der Waals surface area (Å²) in [5, 5.41) is 24.5. The minimum absolute atomic E-state index is 0.0532. The summed E-state index contributed by atoms with van der Waals surface area (Å²) in [6.45, 7) is 3.90. The lowest BCUT2D eigenvalue weighted by Crippen LogP contribution is -2.09. The van der Waals surface area contributed by atoms with Crippen LogP contribution in [0.2, 0.25) is 0 Å². The van der Waals surface area contributed by atoms with Gasteiger partial charge in [-0.1, -0.05) is 0 Å². The summed E-state index contributed by atoms with van der Waals surface area (Å²) in [6, 6.07) is 0. The van der Waals surface area contributed by atoms with Gasteiger partial charge in [0.2, 0.25) is 17.7 Å². The summed E-state index contributed by atoms with van der Waals surface area (Å²) in [6.07, 6.45) is 2.59. The van der Waals surface area contributed by atoms with Gasteiger partial charge < -0.3 is 38.3 Å². The third-order valence-corrected chi connectivity index (χ3v) is 2.09. The molecule has 0 saturated carbocycles. The number of rotatable bonds is 6. The zero-order valence-corrected chi connectivity index (χ0v) is 16.3. The second-order valence-corrected chi connectivity index (χ2v) is 4.60. The van der Waals surface area contributed by atoms with Crippen LogP contribution in [0.25, 0.3) is 0 Å². The van der Waals surface area contributed by atoms with Gasteiger partial charge in [0.1, 0.15) is 0 Å². The van der Waals surface area contributed by atoms with Crippen LogP contribution in [-0.2, 0) is 28.8 Å². The lowest BCUT2D eigenvalue weighted by atomic mass is 10.3. The maximum Gasteiger partial charge on any atom is 0.331 e. The van der Waals surface area contributed by atoms with Gasteiger partial charge in [-0.2, -0.15) is 0 Å². The van der Waals surface area contributed by atoms with Gasteiger partial charge in [-0.15, -0.1) is 0 Å². The maximum atomic E-state index is 10.00. The predicted molar refractivity (Wildman–Crippen MR) is 102 cm³/mol. The predicted octanol–water partition coefficient (Wildman–Crippen LogP) is -1.92. The van der Waals surface area contributed by atoms with Gasteiger partial charge in [0, 0.05) is 34.9 Å². The molecule has 0 aromatic heterocycles. The second-order valence-electron chi connectivity index (χ2n) is 4.60. The maximum absolute atomic E-state index is 10.00. The number of aliphatic carboxylic acids is 3. The topological polar surface area (TPSA) is 267 Å². The Hall–Kier alpha value is -4.00. The van der Waals surface area contributed by atoms with Crippen LogP contribution < -0.4 is 22.9 Å². The van der Waals surface area contributed by atoms with Crippen LogP contribution in [0.4, 0.5) is 0 Å². The molecule has 0 aliphatic heterocycles. The van der Waals surface area contributed by atoms with E-state index < -0.39 is 35.6 Å². The highest BCUT2D eigenvalue weighted by molar-refractivity contribution is 5.97. The largest absolute Gasteiger partial charge is 0.478 e. The molecular formula is C16H26N4O9. The van der Waals surface area contributed by atoms with E-state index in [1.165, 1.54) is 27.8 Å². The molecule has 0 radical (unpaired) electrons. The molecule has 0 fully saturated rings. The van der Waals surface area contributed by atoms with Crippen LogP contribution in [0.5, 0.6) is 0 Å². The third-order valence-electron chi connectivity index (χ3n) is 2.09. The van der Waals surface area contributed by atoms with Crippen molar-refractivity contribution in [3.05, 3.63) is 34.9 Å². The molecule has 0 spiro atoms. The molecule has 0 aromatic rings. The molecule has 0 aliphatic rings. The smallest absolute Gasteiger partial charge is 0.331 e. The van der Waals surface area contributed by atoms with Crippen molar-refractivity contribution < 1.29 is 44.1 Å². The SMILES string of the molecule is C/C(=C/C(N)=O)C(=O)O.C/C(=C/C(N)=O)C(=O)O.C/C(=C/C(N)=O)C(=O)O.CN. The number of hydrogen-bond donors (Lipinski definition) is 7. The first-order valence-electron chi connectivity index (χ1n) is 7.32. The Labute approximate surface area is 166 Å². The fraction of sp³-hybridized carbons (Fsp3) is 0.250. The summed E-state index contributed by atoms with van der Waals surface area (Å²) in [4.78, 5) is 59.9. The Kier molecular flexibility index (Phi) is 21.1. The molecule has 13 heteroatoms. The first kappa shape index (κ1) is 32.7. The second kappa shape index (κ2) is 18.8. The molecule has 11 N–H and O–H groups in total. The van der Waals surface area contributed by atoms with E-state index in [1.807, 2.05) is 0 Å². The summed E-state index contributed by atoms with van der Waals surface area (Å²) in [5.41, 5.74) is 18.3. The van der Waals surface area contributed by atoms with Crippen LogP contribution in [0.15, 0.2) is 34.9 Å². The third kappa shape index (κ3) is 29.0. The number of carboxylic acid groups (broad SMARTS) is 3. The van der Waals surface area contributed by atoms with Crippen LogP contribution >= 0.6 is 0 Å². The number of primary amides is 3. The summed E-state index contributed by atoms with van der Waals surface area (Å²) < 4.78 is 0. The number of carbonyl (C=O) groups is 6. The Bertz CT molecular complexity index is 612. The average Bonchev–Trinajstić information content (AvgIpc) is 2.55. The van der Waals surface area contributed by atoms with Gasteiger partial charge in [0.25, 0.3) is 0 Å². The highest BCUT2D eigenvalue weighted by Crippen LogP contribution is 1.90. The van der Waals surface area contributed by atoms with Crippen molar-refractivity contribution in [2.45, 2.75) is 20.8 Å². The number of carboxylic acids is 3. The molecule has 0 aromatic carbocycles. The minimum Gasteiger partial charge on any atom is -0.478 e. The van der Waals surface area contributed by atoms with E-state index in [0.29, 0.717) is 0 Å². The molecule has 0 unspecified atom stereocenters. The molecule has 0 atom stereocenters. The van der Waals surface area contributed by atoms with Crippen molar-refractivity contribution in [3.8, 4) is 0 Å². The Morgan fingerprint density at radius 3 is 0.690 bits per heavy atom. The molecule has 0 rings (SSSR count). The zero-order chi connectivity index (χ0) is 24.3. The molecule has 3 amide bonds. The highest BCUT2D eigenvalue weighted by Gasteiger charge is 2.00. The summed E-state index contributed by atoms with van der Waals surface area (Å²) >= 11 is 0. The molecule has 0 bridgehead atoms. The van der Waals surface area contributed by atoms with E-state index in [9.17, 15) is 28.8 Å². The zero-order valence-electron chi connectivity index (χ0n) is 16.3. The van der Waals surface area contributed by atoms with Crippen LogP contribution in [-0.4, -0.2) is 58.0 Å². The number of amides is 3. The fourth-order valence-corrected chi connectivity index (χ4v) is 0.825. The lowest BCUT2D eigenvalue weighted by molar-refractivity contribution is -0.133. The molecule has 0 heterocycles. The molecular weight excluding hydrogens is 392 g/mol. The van der Waals surface area contributed by atoms with Crippen LogP contribution in [0.1, 0.15) is 20.8 Å². The van der Waals surface area contributed by atoms with Crippen molar-refractivity contribution in [1.29, 1.82) is 0 Å². The number of carbonyl (C=O) groups excluding carboxylic acids is 3. The Balaban J connectivity index is -0.000000155. The standard InChI is InChI=1S/3C5H7NO3.CH5N/c3*1-3(5(8)9)2-4(6)7;1-2/h3*2H,1H3,(H2,6,7)(H,8,9);2H2,1H3/b3*3-2-;. The first-order chi connectivity index (χ1) is 13.1. The summed E-state index contributed by atoms with van der Waals surface area (Å²) in [5.74, 6) is -5.61. The van der Waals surface area contributed by atoms with Gasteiger partial charge >= 0.3 is 17.9 Å². The van der Waals surface area contributed by atoms with Crippen LogP contribution in [0, 0.1) is 0 Å².